The highest BCUT2D eigenvalue weighted by molar-refractivity contribution is 5.23. The summed E-state index contributed by atoms with van der Waals surface area (Å²) in [5.41, 5.74) is 0.521. The van der Waals surface area contributed by atoms with E-state index < -0.39 is 0 Å². The number of nitrogens with zero attached hydrogens (tertiary/aromatic N) is 3. The molecule has 5 nitrogen and oxygen atoms in total. The molecule has 2 heterocycles. The van der Waals surface area contributed by atoms with Crippen molar-refractivity contribution in [1.29, 1.82) is 0 Å². The van der Waals surface area contributed by atoms with E-state index in [2.05, 4.69) is 15.1 Å². The zero-order chi connectivity index (χ0) is 10.8. The van der Waals surface area contributed by atoms with Crippen LogP contribution in [0.25, 0.3) is 5.82 Å². The first-order valence-electron chi connectivity index (χ1n) is 4.78. The van der Waals surface area contributed by atoms with Crippen molar-refractivity contribution in [3.8, 4) is 5.82 Å². The summed E-state index contributed by atoms with van der Waals surface area (Å²) < 4.78 is 1.57. The van der Waals surface area contributed by atoms with Crippen molar-refractivity contribution in [2.24, 2.45) is 0 Å². The van der Waals surface area contributed by atoms with Crippen molar-refractivity contribution in [3.63, 3.8) is 0 Å². The summed E-state index contributed by atoms with van der Waals surface area (Å²) in [6.07, 6.45) is 3.41. The maximum absolute atomic E-state index is 11.3. The van der Waals surface area contributed by atoms with E-state index in [-0.39, 0.29) is 11.6 Å². The Morgan fingerprint density at radius 3 is 2.87 bits per heavy atom. The fraction of sp³-hybridized carbons (Fsp3) is 0.300. The van der Waals surface area contributed by atoms with E-state index in [0.29, 0.717) is 5.82 Å². The second kappa shape index (κ2) is 3.68. The van der Waals surface area contributed by atoms with Crippen LogP contribution in [0.3, 0.4) is 0 Å². The Bertz CT molecular complexity index is 498. The minimum absolute atomic E-state index is 0.259. The van der Waals surface area contributed by atoms with Gasteiger partial charge in [-0.2, -0.15) is 10.1 Å². The van der Waals surface area contributed by atoms with E-state index in [1.54, 1.807) is 23.1 Å². The molecule has 78 valence electrons. The second-order valence-electron chi connectivity index (χ2n) is 3.61. The molecule has 0 radical (unpaired) electrons. The highest BCUT2D eigenvalue weighted by atomic mass is 16.1. The van der Waals surface area contributed by atoms with Crippen LogP contribution in [0.5, 0.6) is 0 Å². The van der Waals surface area contributed by atoms with E-state index in [1.807, 2.05) is 19.9 Å². The SMILES string of the molecule is CC(C)c1cc(-n2cccn2)nc(=O)[nH]1. The molecule has 2 aromatic heterocycles. The number of aromatic amines is 1. The molecule has 0 fully saturated rings. The topological polar surface area (TPSA) is 63.6 Å². The minimum Gasteiger partial charge on any atom is -0.309 e. The van der Waals surface area contributed by atoms with Crippen LogP contribution in [-0.4, -0.2) is 19.7 Å². The molecule has 0 amide bonds. The highest BCUT2D eigenvalue weighted by Gasteiger charge is 2.05. The Morgan fingerprint density at radius 1 is 1.47 bits per heavy atom. The number of H-pyrrole nitrogens is 1. The Balaban J connectivity index is 2.54. The first-order chi connectivity index (χ1) is 7.16. The standard InChI is InChI=1S/C10H12N4O/c1-7(2)8-6-9(13-10(15)12-8)14-5-3-4-11-14/h3-7H,1-2H3,(H,12,13,15). The summed E-state index contributed by atoms with van der Waals surface area (Å²) in [5.74, 6) is 0.808. The van der Waals surface area contributed by atoms with E-state index in [0.717, 1.165) is 5.69 Å². The predicted octanol–water partition coefficient (Wildman–Crippen LogP) is 1.08. The lowest BCUT2D eigenvalue weighted by Crippen LogP contribution is -2.17. The van der Waals surface area contributed by atoms with Gasteiger partial charge in [0.05, 0.1) is 0 Å². The first-order valence-corrected chi connectivity index (χ1v) is 4.78. The van der Waals surface area contributed by atoms with E-state index in [1.165, 1.54) is 0 Å². The molecule has 0 bridgehead atoms. The molecule has 0 atom stereocenters. The molecule has 0 aliphatic heterocycles. The molecule has 0 aliphatic rings. The van der Waals surface area contributed by atoms with Crippen LogP contribution in [-0.2, 0) is 0 Å². The van der Waals surface area contributed by atoms with Gasteiger partial charge in [-0.1, -0.05) is 13.8 Å². The third kappa shape index (κ3) is 1.96. The van der Waals surface area contributed by atoms with Crippen LogP contribution in [0.15, 0.2) is 29.3 Å². The monoisotopic (exact) mass is 204 g/mol. The molecular weight excluding hydrogens is 192 g/mol. The van der Waals surface area contributed by atoms with Crippen LogP contribution in [0.4, 0.5) is 0 Å². The van der Waals surface area contributed by atoms with Crippen molar-refractivity contribution < 1.29 is 0 Å². The van der Waals surface area contributed by atoms with Gasteiger partial charge in [-0.3, -0.25) is 0 Å². The van der Waals surface area contributed by atoms with Crippen LogP contribution >= 0.6 is 0 Å². The Labute approximate surface area is 86.8 Å². The molecule has 0 saturated carbocycles. The van der Waals surface area contributed by atoms with Crippen LogP contribution < -0.4 is 5.69 Å². The normalized spacial score (nSPS) is 10.9. The van der Waals surface area contributed by atoms with Gasteiger partial charge >= 0.3 is 5.69 Å². The fourth-order valence-corrected chi connectivity index (χ4v) is 1.30. The summed E-state index contributed by atoms with van der Waals surface area (Å²) in [6, 6.07) is 3.62. The number of nitrogens with one attached hydrogen (secondary N) is 1. The fourth-order valence-electron chi connectivity index (χ4n) is 1.30. The molecule has 0 spiro atoms. The smallest absolute Gasteiger partial charge is 0.309 e. The largest absolute Gasteiger partial charge is 0.347 e. The van der Waals surface area contributed by atoms with Crippen molar-refractivity contribution in [3.05, 3.63) is 40.7 Å². The van der Waals surface area contributed by atoms with Crippen molar-refractivity contribution in [2.45, 2.75) is 19.8 Å². The zero-order valence-electron chi connectivity index (χ0n) is 8.64. The second-order valence-corrected chi connectivity index (χ2v) is 3.61. The maximum atomic E-state index is 11.3. The molecule has 15 heavy (non-hydrogen) atoms. The summed E-state index contributed by atoms with van der Waals surface area (Å²) in [5, 5.41) is 4.03. The molecular formula is C10H12N4O. The molecule has 0 unspecified atom stereocenters. The molecule has 2 rings (SSSR count). The predicted molar refractivity (Wildman–Crippen MR) is 56.1 cm³/mol. The summed E-state index contributed by atoms with van der Waals surface area (Å²) in [6.45, 7) is 4.02. The lowest BCUT2D eigenvalue weighted by atomic mass is 10.1. The maximum Gasteiger partial charge on any atom is 0.347 e. The number of aromatic nitrogens is 4. The minimum atomic E-state index is -0.341. The number of hydrogen-bond acceptors (Lipinski definition) is 3. The first kappa shape index (κ1) is 9.64. The summed E-state index contributed by atoms with van der Waals surface area (Å²) >= 11 is 0. The van der Waals surface area contributed by atoms with Gasteiger partial charge < -0.3 is 4.98 Å². The Morgan fingerprint density at radius 2 is 2.27 bits per heavy atom. The van der Waals surface area contributed by atoms with Gasteiger partial charge in [0, 0.05) is 24.2 Å². The third-order valence-corrected chi connectivity index (χ3v) is 2.11. The molecule has 5 heteroatoms. The van der Waals surface area contributed by atoms with E-state index >= 15 is 0 Å². The van der Waals surface area contributed by atoms with Crippen LogP contribution in [0, 0.1) is 0 Å². The average molecular weight is 204 g/mol. The number of rotatable bonds is 2. The molecule has 0 aromatic carbocycles. The molecule has 1 N–H and O–H groups in total. The van der Waals surface area contributed by atoms with Gasteiger partial charge in [-0.15, -0.1) is 0 Å². The third-order valence-electron chi connectivity index (χ3n) is 2.11. The van der Waals surface area contributed by atoms with Crippen molar-refractivity contribution >= 4 is 0 Å². The molecule has 2 aromatic rings. The van der Waals surface area contributed by atoms with Gasteiger partial charge in [-0.05, 0) is 12.0 Å². The van der Waals surface area contributed by atoms with Gasteiger partial charge in [0.2, 0.25) is 0 Å². The van der Waals surface area contributed by atoms with Crippen LogP contribution in [0.1, 0.15) is 25.5 Å². The van der Waals surface area contributed by atoms with Gasteiger partial charge in [-0.25, -0.2) is 9.48 Å². The van der Waals surface area contributed by atoms with Crippen molar-refractivity contribution in [2.75, 3.05) is 0 Å². The van der Waals surface area contributed by atoms with Gasteiger partial charge in [0.15, 0.2) is 5.82 Å². The lowest BCUT2D eigenvalue weighted by Gasteiger charge is -2.06. The zero-order valence-corrected chi connectivity index (χ0v) is 8.64. The quantitative estimate of drug-likeness (QED) is 0.796. The molecule has 0 aliphatic carbocycles. The van der Waals surface area contributed by atoms with E-state index in [9.17, 15) is 4.79 Å². The number of hydrogen-bond donors (Lipinski definition) is 1. The summed E-state index contributed by atoms with van der Waals surface area (Å²) in [4.78, 5) is 17.9. The summed E-state index contributed by atoms with van der Waals surface area (Å²) in [7, 11) is 0. The van der Waals surface area contributed by atoms with Crippen molar-refractivity contribution in [1.82, 2.24) is 19.7 Å². The average Bonchev–Trinajstić information content (AvgIpc) is 2.69. The highest BCUT2D eigenvalue weighted by Crippen LogP contribution is 2.11. The van der Waals surface area contributed by atoms with E-state index in [4.69, 9.17) is 0 Å². The van der Waals surface area contributed by atoms with Gasteiger partial charge in [0.1, 0.15) is 0 Å². The van der Waals surface area contributed by atoms with Gasteiger partial charge in [0.25, 0.3) is 0 Å². The lowest BCUT2D eigenvalue weighted by molar-refractivity contribution is 0.770. The Hall–Kier alpha value is -1.91. The Kier molecular flexibility index (Phi) is 2.37. The van der Waals surface area contributed by atoms with Crippen LogP contribution in [0.2, 0.25) is 0 Å². The molecule has 0 saturated heterocycles.